The first kappa shape index (κ1) is 22.3. The molecule has 2 N–H and O–H groups in total. The van der Waals surface area contributed by atoms with Crippen molar-refractivity contribution in [3.8, 4) is 0 Å². The van der Waals surface area contributed by atoms with Crippen molar-refractivity contribution >= 4 is 23.5 Å². The molecule has 0 saturated heterocycles. The number of halogens is 1. The Balaban J connectivity index is 1.69. The van der Waals surface area contributed by atoms with Crippen LogP contribution in [0.1, 0.15) is 76.9 Å². The number of benzene rings is 2. The van der Waals surface area contributed by atoms with E-state index in [4.69, 9.17) is 16.3 Å². The topological polar surface area (TPSA) is 75.6 Å². The Labute approximate surface area is 182 Å². The van der Waals surface area contributed by atoms with E-state index in [-0.39, 0.29) is 11.5 Å². The summed E-state index contributed by atoms with van der Waals surface area (Å²) in [5, 5.41) is 12.8. The fourth-order valence-electron chi connectivity index (χ4n) is 4.00. The molecular weight excluding hydrogens is 402 g/mol. The summed E-state index contributed by atoms with van der Waals surface area (Å²) in [6, 6.07) is 11.4. The number of aromatic carboxylic acids is 1. The Morgan fingerprint density at radius 3 is 2.60 bits per heavy atom. The molecule has 1 atom stereocenters. The second-order valence-corrected chi connectivity index (χ2v) is 8.34. The van der Waals surface area contributed by atoms with Gasteiger partial charge in [-0.3, -0.25) is 4.79 Å². The Bertz CT molecular complexity index is 893. The van der Waals surface area contributed by atoms with E-state index in [0.717, 1.165) is 5.56 Å². The number of carbonyl (C=O) groups is 2. The molecule has 0 spiro atoms. The zero-order valence-corrected chi connectivity index (χ0v) is 18.0. The highest BCUT2D eigenvalue weighted by Gasteiger charge is 2.20. The second-order valence-electron chi connectivity index (χ2n) is 7.91. The van der Waals surface area contributed by atoms with E-state index in [1.165, 1.54) is 38.2 Å². The first-order valence-corrected chi connectivity index (χ1v) is 10.8. The number of carboxylic acid groups (broad SMARTS) is 1. The largest absolute Gasteiger partial charge is 0.478 e. The van der Waals surface area contributed by atoms with E-state index in [9.17, 15) is 14.7 Å². The molecule has 30 heavy (non-hydrogen) atoms. The maximum atomic E-state index is 13.0. The fourth-order valence-corrected chi connectivity index (χ4v) is 4.17. The summed E-state index contributed by atoms with van der Waals surface area (Å²) < 4.78 is 5.93. The maximum absolute atomic E-state index is 13.0. The average Bonchev–Trinajstić information content (AvgIpc) is 2.75. The van der Waals surface area contributed by atoms with Crippen molar-refractivity contribution < 1.29 is 19.4 Å². The molecule has 2 aromatic carbocycles. The van der Waals surface area contributed by atoms with Crippen molar-refractivity contribution in [2.45, 2.75) is 51.7 Å². The third-order valence-corrected chi connectivity index (χ3v) is 5.89. The number of hydrogen-bond donors (Lipinski definition) is 2. The van der Waals surface area contributed by atoms with Crippen LogP contribution in [0.5, 0.6) is 0 Å². The number of carboxylic acids is 1. The van der Waals surface area contributed by atoms with Crippen LogP contribution in [0.15, 0.2) is 42.5 Å². The monoisotopic (exact) mass is 429 g/mol. The fraction of sp³-hybridized carbons (Fsp3) is 0.417. The van der Waals surface area contributed by atoms with E-state index in [2.05, 4.69) is 5.32 Å². The van der Waals surface area contributed by atoms with Crippen LogP contribution < -0.4 is 5.32 Å². The summed E-state index contributed by atoms with van der Waals surface area (Å²) in [5.74, 6) is -0.733. The Kier molecular flexibility index (Phi) is 7.88. The molecule has 0 radical (unpaired) electrons. The van der Waals surface area contributed by atoms with Gasteiger partial charge in [-0.25, -0.2) is 4.79 Å². The molecule has 3 rings (SSSR count). The standard InChI is InChI=1S/C24H28ClNO4/c1-16(20-9-5-6-10-21(20)24(28)29)26-23(27)22-13-19(25)12-11-18(22)15-30-14-17-7-3-2-4-8-17/h5-6,9-13,16-17H,2-4,7-8,14-15H2,1H3,(H,26,27)(H,28,29)/t16-/m0/s1. The van der Waals surface area contributed by atoms with Crippen molar-refractivity contribution in [1.82, 2.24) is 5.32 Å². The normalized spacial score (nSPS) is 15.5. The lowest BCUT2D eigenvalue weighted by atomic mass is 9.90. The number of rotatable bonds is 8. The molecule has 2 aromatic rings. The highest BCUT2D eigenvalue weighted by Crippen LogP contribution is 2.25. The molecule has 160 valence electrons. The molecular formula is C24H28ClNO4. The first-order chi connectivity index (χ1) is 14.5. The molecule has 5 nitrogen and oxygen atoms in total. The zero-order chi connectivity index (χ0) is 21.5. The van der Waals surface area contributed by atoms with Crippen molar-refractivity contribution in [3.05, 3.63) is 69.7 Å². The van der Waals surface area contributed by atoms with Crippen LogP contribution in [-0.2, 0) is 11.3 Å². The third kappa shape index (κ3) is 5.83. The first-order valence-electron chi connectivity index (χ1n) is 10.4. The van der Waals surface area contributed by atoms with Gasteiger partial charge in [-0.05, 0) is 55.0 Å². The molecule has 1 fully saturated rings. The highest BCUT2D eigenvalue weighted by atomic mass is 35.5. The summed E-state index contributed by atoms with van der Waals surface area (Å²) in [6.45, 7) is 2.81. The minimum Gasteiger partial charge on any atom is -0.478 e. The van der Waals surface area contributed by atoms with Crippen LogP contribution in [0.2, 0.25) is 5.02 Å². The lowest BCUT2D eigenvalue weighted by Gasteiger charge is -2.22. The van der Waals surface area contributed by atoms with Gasteiger partial charge in [0.25, 0.3) is 5.91 Å². The van der Waals surface area contributed by atoms with Gasteiger partial charge in [-0.2, -0.15) is 0 Å². The number of amides is 1. The van der Waals surface area contributed by atoms with Crippen LogP contribution in [0, 0.1) is 5.92 Å². The average molecular weight is 430 g/mol. The molecule has 0 aromatic heterocycles. The number of ether oxygens (including phenoxy) is 1. The lowest BCUT2D eigenvalue weighted by molar-refractivity contribution is 0.0693. The van der Waals surface area contributed by atoms with Gasteiger partial charge in [0.15, 0.2) is 0 Å². The second kappa shape index (κ2) is 10.6. The summed E-state index contributed by atoms with van der Waals surface area (Å²) >= 11 is 6.14. The quantitative estimate of drug-likeness (QED) is 0.570. The van der Waals surface area contributed by atoms with Gasteiger partial charge in [0.2, 0.25) is 0 Å². The summed E-state index contributed by atoms with van der Waals surface area (Å²) in [6.07, 6.45) is 6.24. The Morgan fingerprint density at radius 1 is 1.13 bits per heavy atom. The summed E-state index contributed by atoms with van der Waals surface area (Å²) in [5.41, 5.74) is 1.94. The van der Waals surface area contributed by atoms with Crippen LogP contribution in [0.3, 0.4) is 0 Å². The van der Waals surface area contributed by atoms with Crippen molar-refractivity contribution in [2.24, 2.45) is 5.92 Å². The van der Waals surface area contributed by atoms with Gasteiger partial charge < -0.3 is 15.2 Å². The van der Waals surface area contributed by atoms with Gasteiger partial charge in [0.05, 0.1) is 18.2 Å². The van der Waals surface area contributed by atoms with E-state index in [1.54, 1.807) is 37.3 Å². The molecule has 1 amide bonds. The van der Waals surface area contributed by atoms with E-state index in [1.807, 2.05) is 6.07 Å². The lowest BCUT2D eigenvalue weighted by Crippen LogP contribution is -2.28. The smallest absolute Gasteiger partial charge is 0.336 e. The van der Waals surface area contributed by atoms with Crippen LogP contribution in [-0.4, -0.2) is 23.6 Å². The van der Waals surface area contributed by atoms with Crippen molar-refractivity contribution in [2.75, 3.05) is 6.61 Å². The molecule has 1 aliphatic rings. The predicted molar refractivity (Wildman–Crippen MR) is 117 cm³/mol. The van der Waals surface area contributed by atoms with E-state index < -0.39 is 12.0 Å². The van der Waals surface area contributed by atoms with Crippen LogP contribution in [0.4, 0.5) is 0 Å². The predicted octanol–water partition coefficient (Wildman–Crippen LogP) is 5.63. The molecule has 0 unspecified atom stereocenters. The molecule has 0 bridgehead atoms. The minimum atomic E-state index is -1.02. The summed E-state index contributed by atoms with van der Waals surface area (Å²) in [7, 11) is 0. The zero-order valence-electron chi connectivity index (χ0n) is 17.2. The van der Waals surface area contributed by atoms with Crippen LogP contribution >= 0.6 is 11.6 Å². The van der Waals surface area contributed by atoms with Gasteiger partial charge in [-0.15, -0.1) is 0 Å². The molecule has 6 heteroatoms. The highest BCUT2D eigenvalue weighted by molar-refractivity contribution is 6.31. The van der Waals surface area contributed by atoms with Crippen molar-refractivity contribution in [1.29, 1.82) is 0 Å². The maximum Gasteiger partial charge on any atom is 0.336 e. The van der Waals surface area contributed by atoms with E-state index in [0.29, 0.717) is 35.3 Å². The van der Waals surface area contributed by atoms with Gasteiger partial charge >= 0.3 is 5.97 Å². The SMILES string of the molecule is C[C@H](NC(=O)c1cc(Cl)ccc1COCC1CCCCC1)c1ccccc1C(=O)O. The Morgan fingerprint density at radius 2 is 1.87 bits per heavy atom. The Hall–Kier alpha value is -2.37. The molecule has 1 aliphatic carbocycles. The third-order valence-electron chi connectivity index (χ3n) is 5.66. The van der Waals surface area contributed by atoms with Crippen molar-refractivity contribution in [3.63, 3.8) is 0 Å². The van der Waals surface area contributed by atoms with Gasteiger partial charge in [0.1, 0.15) is 0 Å². The number of carbonyl (C=O) groups excluding carboxylic acids is 1. The summed E-state index contributed by atoms with van der Waals surface area (Å²) in [4.78, 5) is 24.5. The number of nitrogens with one attached hydrogen (secondary N) is 1. The van der Waals surface area contributed by atoms with E-state index >= 15 is 0 Å². The van der Waals surface area contributed by atoms with Crippen LogP contribution in [0.25, 0.3) is 0 Å². The van der Waals surface area contributed by atoms with Gasteiger partial charge in [0, 0.05) is 17.2 Å². The molecule has 1 saturated carbocycles. The molecule has 0 aliphatic heterocycles. The minimum absolute atomic E-state index is 0.174. The number of hydrogen-bond acceptors (Lipinski definition) is 3. The molecule has 0 heterocycles. The van der Waals surface area contributed by atoms with Gasteiger partial charge in [-0.1, -0.05) is 55.1 Å².